The van der Waals surface area contributed by atoms with Gasteiger partial charge in [0, 0.05) is 28.6 Å². The van der Waals surface area contributed by atoms with Crippen LogP contribution in [0.2, 0.25) is 0 Å². The van der Waals surface area contributed by atoms with Gasteiger partial charge in [-0.1, -0.05) is 0 Å². The fraction of sp³-hybridized carbons (Fsp3) is 0.429. The van der Waals surface area contributed by atoms with Crippen molar-refractivity contribution in [2.75, 3.05) is 14.2 Å². The van der Waals surface area contributed by atoms with Crippen LogP contribution in [-0.2, 0) is 6.66 Å². The molecule has 0 saturated heterocycles. The second kappa shape index (κ2) is 6.59. The molecule has 0 aliphatic rings. The second-order valence-corrected chi connectivity index (χ2v) is 8.09. The van der Waals surface area contributed by atoms with Crippen LogP contribution in [0.15, 0.2) is 8.39 Å². The summed E-state index contributed by atoms with van der Waals surface area (Å²) in [5.41, 5.74) is 8.29. The first-order valence-electron chi connectivity index (χ1n) is 8.70. The second-order valence-electron chi connectivity index (χ2n) is 6.85. The van der Waals surface area contributed by atoms with E-state index >= 15 is 0 Å². The highest BCUT2D eigenvalue weighted by atomic mass is 31.1. The zero-order chi connectivity index (χ0) is 19.3. The van der Waals surface area contributed by atoms with Crippen molar-refractivity contribution in [1.82, 2.24) is 0 Å². The first kappa shape index (κ1) is 18.7. The van der Waals surface area contributed by atoms with Gasteiger partial charge < -0.3 is 17.9 Å². The Labute approximate surface area is 155 Å². The molecule has 2 aromatic carbocycles. The van der Waals surface area contributed by atoms with E-state index < -0.39 is 8.01 Å². The van der Waals surface area contributed by atoms with Gasteiger partial charge >= 0.3 is 0 Å². The van der Waals surface area contributed by atoms with Crippen LogP contribution >= 0.6 is 8.01 Å². The predicted octanol–water partition coefficient (Wildman–Crippen LogP) is 6.69. The highest BCUT2D eigenvalue weighted by Crippen LogP contribution is 2.45. The zero-order valence-corrected chi connectivity index (χ0v) is 18.0. The number of rotatable bonds is 2. The fourth-order valence-electron chi connectivity index (χ4n) is 3.90. The molecule has 1 heterocycles. The zero-order valence-electron chi connectivity index (χ0n) is 17.1. The van der Waals surface area contributed by atoms with E-state index in [4.69, 9.17) is 17.9 Å². The van der Waals surface area contributed by atoms with Gasteiger partial charge in [-0.15, -0.1) is 0 Å². The molecule has 140 valence electrons. The number of benzene rings is 2. The van der Waals surface area contributed by atoms with Crippen molar-refractivity contribution < 1.29 is 17.9 Å². The van der Waals surface area contributed by atoms with E-state index in [0.29, 0.717) is 0 Å². The molecule has 0 atom stereocenters. The van der Waals surface area contributed by atoms with Gasteiger partial charge in [-0.2, -0.15) is 0 Å². The average molecular weight is 374 g/mol. The molecule has 0 spiro atoms. The third-order valence-corrected chi connectivity index (χ3v) is 6.35. The summed E-state index contributed by atoms with van der Waals surface area (Å²) in [4.78, 5) is 0. The number of methoxy groups -OCH3 is 2. The molecule has 0 saturated carbocycles. The Morgan fingerprint density at radius 2 is 0.923 bits per heavy atom. The minimum atomic E-state index is -1.08. The lowest BCUT2D eigenvalue weighted by Crippen LogP contribution is -1.98. The van der Waals surface area contributed by atoms with Crippen molar-refractivity contribution in [1.29, 1.82) is 0 Å². The van der Waals surface area contributed by atoms with E-state index in [2.05, 4.69) is 41.5 Å². The van der Waals surface area contributed by atoms with Gasteiger partial charge in [0.05, 0.1) is 14.2 Å². The maximum atomic E-state index is 6.30. The van der Waals surface area contributed by atoms with Crippen molar-refractivity contribution in [3.63, 3.8) is 0 Å². The largest absolute Gasteiger partial charge is 0.496 e. The normalized spacial score (nSPS) is 11.3. The fourth-order valence-corrected chi connectivity index (χ4v) is 4.91. The lowest BCUT2D eigenvalue weighted by molar-refractivity contribution is 0.408. The van der Waals surface area contributed by atoms with Gasteiger partial charge in [0.15, 0.2) is 0 Å². The van der Waals surface area contributed by atoms with Crippen molar-refractivity contribution in [2.24, 2.45) is 6.66 Å². The maximum Gasteiger partial charge on any atom is 0.213 e. The number of hydrogen-bond donors (Lipinski definition) is 0. The summed E-state index contributed by atoms with van der Waals surface area (Å²) in [5, 5.41) is 2.09. The lowest BCUT2D eigenvalue weighted by atomic mass is 9.93. The van der Waals surface area contributed by atoms with E-state index in [1.165, 1.54) is 0 Å². The Balaban J connectivity index is 2.82. The first-order valence-corrected chi connectivity index (χ1v) is 10.3. The van der Waals surface area contributed by atoms with E-state index in [0.717, 1.165) is 66.8 Å². The molecule has 1 aromatic heterocycles. The van der Waals surface area contributed by atoms with Gasteiger partial charge in [-0.3, -0.25) is 0 Å². The molecule has 0 bridgehead atoms. The molecule has 0 fully saturated rings. The molecule has 4 nitrogen and oxygen atoms in total. The van der Waals surface area contributed by atoms with Gasteiger partial charge in [0.25, 0.3) is 0 Å². The average Bonchev–Trinajstić information content (AvgIpc) is 2.76. The van der Waals surface area contributed by atoms with Crippen LogP contribution in [0.1, 0.15) is 33.4 Å². The number of aryl methyl sites for hydroxylation is 5. The molecule has 0 unspecified atom stereocenters. The Morgan fingerprint density at radius 3 is 1.23 bits per heavy atom. The Morgan fingerprint density at radius 1 is 0.577 bits per heavy atom. The summed E-state index contributed by atoms with van der Waals surface area (Å²) < 4.78 is 24.1. The highest BCUT2D eigenvalue weighted by molar-refractivity contribution is 7.35. The van der Waals surface area contributed by atoms with Gasteiger partial charge in [0.1, 0.15) is 22.7 Å². The van der Waals surface area contributed by atoms with Crippen LogP contribution in [0.25, 0.3) is 21.9 Å². The van der Waals surface area contributed by atoms with Gasteiger partial charge in [0.2, 0.25) is 8.01 Å². The van der Waals surface area contributed by atoms with Crippen LogP contribution in [0.3, 0.4) is 0 Å². The van der Waals surface area contributed by atoms with E-state index in [1.807, 2.05) is 6.66 Å². The molecule has 0 aliphatic heterocycles. The van der Waals surface area contributed by atoms with Crippen LogP contribution in [0.4, 0.5) is 0 Å². The Kier molecular flexibility index (Phi) is 4.74. The number of fused-ring (bicyclic) bond motifs is 3. The van der Waals surface area contributed by atoms with Crippen molar-refractivity contribution >= 4 is 30.0 Å². The van der Waals surface area contributed by atoms with Crippen molar-refractivity contribution in [3.8, 4) is 11.5 Å². The van der Waals surface area contributed by atoms with Crippen LogP contribution in [0.5, 0.6) is 11.5 Å². The van der Waals surface area contributed by atoms with Crippen LogP contribution in [0, 0.1) is 41.5 Å². The van der Waals surface area contributed by atoms with E-state index in [-0.39, 0.29) is 0 Å². The molecular weight excluding hydrogens is 347 g/mol. The Bertz CT molecular complexity index is 993. The quantitative estimate of drug-likeness (QED) is 0.501. The summed E-state index contributed by atoms with van der Waals surface area (Å²) in [6.07, 6.45) is 0. The topological polar surface area (TPSA) is 44.7 Å². The molecule has 0 radical (unpaired) electrons. The molecule has 26 heavy (non-hydrogen) atoms. The minimum Gasteiger partial charge on any atom is -0.496 e. The van der Waals surface area contributed by atoms with Gasteiger partial charge in [-0.25, -0.2) is 0 Å². The van der Waals surface area contributed by atoms with Gasteiger partial charge in [-0.05, 0) is 63.8 Å². The predicted molar refractivity (Wildman–Crippen MR) is 109 cm³/mol. The third kappa shape index (κ3) is 2.51. The summed E-state index contributed by atoms with van der Waals surface area (Å²) >= 11 is 0. The lowest BCUT2D eigenvalue weighted by Gasteiger charge is -2.17. The van der Waals surface area contributed by atoms with E-state index in [1.54, 1.807) is 14.2 Å². The van der Waals surface area contributed by atoms with Crippen molar-refractivity contribution in [3.05, 3.63) is 33.4 Å². The van der Waals surface area contributed by atoms with Crippen molar-refractivity contribution in [2.45, 2.75) is 41.5 Å². The molecule has 0 amide bonds. The smallest absolute Gasteiger partial charge is 0.213 e. The molecule has 5 heteroatoms. The summed E-state index contributed by atoms with van der Waals surface area (Å²) in [5.74, 6) is 1.80. The number of hydrogen-bond acceptors (Lipinski definition) is 4. The monoisotopic (exact) mass is 374 g/mol. The summed E-state index contributed by atoms with van der Waals surface area (Å²) in [6.45, 7) is 14.5. The molecule has 0 aliphatic carbocycles. The standard InChI is InChI=1S/C21H27O4P/c1-10-12(3)20-16(14(5)18(10)22-7)17-15(6)19(23-8)11(2)13(4)21(17)25-26(9)24-20/h1-9H3. The molecule has 3 rings (SSSR count). The number of ether oxygens (including phenoxy) is 2. The molecule has 0 N–H and O–H groups in total. The van der Waals surface area contributed by atoms with E-state index in [9.17, 15) is 0 Å². The summed E-state index contributed by atoms with van der Waals surface area (Å²) in [7, 11) is 2.36. The third-order valence-electron chi connectivity index (χ3n) is 5.47. The van der Waals surface area contributed by atoms with Crippen LogP contribution < -0.4 is 9.47 Å². The first-order chi connectivity index (χ1) is 12.2. The van der Waals surface area contributed by atoms with Crippen LogP contribution in [-0.4, -0.2) is 14.2 Å². The maximum absolute atomic E-state index is 6.30. The highest BCUT2D eigenvalue weighted by Gasteiger charge is 2.22. The summed E-state index contributed by atoms with van der Waals surface area (Å²) in [6, 6.07) is 0. The Hall–Kier alpha value is -2.06. The molecular formula is C21H27O4P. The SMILES string of the molecule is COc1c(C)c(C)c2op(C)oc3c(C)c(C)c(OC)c(C)c3c2c1C. The minimum absolute atomic E-state index is 0.890. The molecule has 3 aromatic rings.